The Bertz CT molecular complexity index is 970. The first-order valence-electron chi connectivity index (χ1n) is 9.15. The third kappa shape index (κ3) is 3.85. The number of nitrogens with zero attached hydrogens (tertiary/aromatic N) is 3. The number of carbonyl (C=O) groups is 1. The Balaban J connectivity index is 1.43. The molecule has 3 aromatic rings. The van der Waals surface area contributed by atoms with Crippen LogP contribution in [-0.2, 0) is 12.8 Å². The van der Waals surface area contributed by atoms with Crippen molar-refractivity contribution < 1.29 is 4.79 Å². The Hall–Kier alpha value is -2.73. The number of hydrogen-bond acceptors (Lipinski definition) is 4. The average molecular weight is 379 g/mol. The second-order valence-electron chi connectivity index (χ2n) is 7.06. The lowest BCUT2D eigenvalue weighted by molar-refractivity contribution is 0.0959. The SMILES string of the molecule is C/C(=N\NC(=O)c1cc2c(s1)CC(C)CC2)c1ccc(-n2ccnc2)cc1. The van der Waals surface area contributed by atoms with Gasteiger partial charge in [0, 0.05) is 23.0 Å². The lowest BCUT2D eigenvalue weighted by atomic mass is 9.90. The molecule has 4 rings (SSSR count). The van der Waals surface area contributed by atoms with Gasteiger partial charge in [0.05, 0.1) is 16.9 Å². The van der Waals surface area contributed by atoms with Crippen molar-refractivity contribution >= 4 is 23.0 Å². The van der Waals surface area contributed by atoms with E-state index in [1.165, 1.54) is 16.9 Å². The van der Waals surface area contributed by atoms with Crippen molar-refractivity contribution in [2.75, 3.05) is 0 Å². The van der Waals surface area contributed by atoms with Crippen LogP contribution in [0.4, 0.5) is 0 Å². The van der Waals surface area contributed by atoms with E-state index in [1.54, 1.807) is 23.9 Å². The summed E-state index contributed by atoms with van der Waals surface area (Å²) in [6.07, 6.45) is 8.77. The van der Waals surface area contributed by atoms with Crippen LogP contribution < -0.4 is 5.43 Å². The molecule has 1 amide bonds. The van der Waals surface area contributed by atoms with Crippen molar-refractivity contribution in [3.63, 3.8) is 0 Å². The molecule has 0 saturated heterocycles. The highest BCUT2D eigenvalue weighted by Crippen LogP contribution is 2.32. The fourth-order valence-electron chi connectivity index (χ4n) is 3.32. The highest BCUT2D eigenvalue weighted by molar-refractivity contribution is 7.14. The second kappa shape index (κ2) is 7.48. The Labute approximate surface area is 162 Å². The number of aromatic nitrogens is 2. The molecule has 1 atom stereocenters. The summed E-state index contributed by atoms with van der Waals surface area (Å²) >= 11 is 1.61. The van der Waals surface area contributed by atoms with Crippen molar-refractivity contribution in [1.82, 2.24) is 15.0 Å². The van der Waals surface area contributed by atoms with E-state index in [-0.39, 0.29) is 5.91 Å². The summed E-state index contributed by atoms with van der Waals surface area (Å²) in [5.74, 6) is 0.578. The van der Waals surface area contributed by atoms with E-state index < -0.39 is 0 Å². The van der Waals surface area contributed by atoms with E-state index in [9.17, 15) is 4.79 Å². The summed E-state index contributed by atoms with van der Waals surface area (Å²) in [4.78, 5) is 18.6. The van der Waals surface area contributed by atoms with Gasteiger partial charge in [-0.2, -0.15) is 5.10 Å². The first-order valence-corrected chi connectivity index (χ1v) is 9.97. The molecule has 1 aliphatic rings. The number of rotatable bonds is 4. The lowest BCUT2D eigenvalue weighted by Crippen LogP contribution is -2.18. The molecule has 138 valence electrons. The smallest absolute Gasteiger partial charge is 0.281 e. The summed E-state index contributed by atoms with van der Waals surface area (Å²) in [5, 5.41) is 4.29. The van der Waals surface area contributed by atoms with Crippen molar-refractivity contribution in [2.45, 2.75) is 33.1 Å². The molecule has 0 fully saturated rings. The molecule has 0 bridgehead atoms. The lowest BCUT2D eigenvalue weighted by Gasteiger charge is -2.16. The van der Waals surface area contributed by atoms with Crippen LogP contribution in [0.1, 0.15) is 45.9 Å². The Morgan fingerprint density at radius 1 is 1.33 bits per heavy atom. The first kappa shape index (κ1) is 17.7. The van der Waals surface area contributed by atoms with E-state index in [4.69, 9.17) is 0 Å². The fraction of sp³-hybridized carbons (Fsp3) is 0.286. The van der Waals surface area contributed by atoms with Gasteiger partial charge < -0.3 is 4.57 Å². The highest BCUT2D eigenvalue weighted by Gasteiger charge is 2.20. The predicted molar refractivity (Wildman–Crippen MR) is 109 cm³/mol. The third-order valence-electron chi connectivity index (χ3n) is 4.97. The van der Waals surface area contributed by atoms with Crippen LogP contribution in [0.3, 0.4) is 0 Å². The van der Waals surface area contributed by atoms with Gasteiger partial charge in [-0.1, -0.05) is 19.1 Å². The van der Waals surface area contributed by atoms with E-state index in [0.717, 1.165) is 34.7 Å². The molecule has 1 aromatic carbocycles. The molecular weight excluding hydrogens is 356 g/mol. The van der Waals surface area contributed by atoms with Crippen LogP contribution in [0, 0.1) is 5.92 Å². The maximum absolute atomic E-state index is 12.5. The average Bonchev–Trinajstić information content (AvgIpc) is 3.35. The van der Waals surface area contributed by atoms with Gasteiger partial charge in [-0.05, 0) is 61.4 Å². The Kier molecular flexibility index (Phi) is 4.90. The van der Waals surface area contributed by atoms with E-state index >= 15 is 0 Å². The standard InChI is InChI=1S/C21H22N4OS/c1-14-3-4-17-12-20(27-19(17)11-14)21(26)24-23-15(2)16-5-7-18(8-6-16)25-10-9-22-13-25/h5-10,12-14H,3-4,11H2,1-2H3,(H,24,26)/b23-15+. The molecule has 0 spiro atoms. The van der Waals surface area contributed by atoms with Crippen LogP contribution in [0.15, 0.2) is 54.2 Å². The maximum Gasteiger partial charge on any atom is 0.281 e. The molecule has 1 aliphatic carbocycles. The summed E-state index contributed by atoms with van der Waals surface area (Å²) in [7, 11) is 0. The number of thiophene rings is 1. The zero-order chi connectivity index (χ0) is 18.8. The summed E-state index contributed by atoms with van der Waals surface area (Å²) in [6, 6.07) is 10.0. The molecule has 0 saturated carbocycles. The molecular formula is C21H22N4OS. The number of fused-ring (bicyclic) bond motifs is 1. The van der Waals surface area contributed by atoms with Gasteiger partial charge in [0.2, 0.25) is 0 Å². The summed E-state index contributed by atoms with van der Waals surface area (Å²) in [6.45, 7) is 4.17. The van der Waals surface area contributed by atoms with Gasteiger partial charge in [-0.15, -0.1) is 11.3 Å². The minimum absolute atomic E-state index is 0.128. The minimum atomic E-state index is -0.128. The van der Waals surface area contributed by atoms with E-state index in [1.807, 2.05) is 48.0 Å². The number of aryl methyl sites for hydroxylation is 1. The molecule has 0 aliphatic heterocycles. The van der Waals surface area contributed by atoms with Gasteiger partial charge in [0.25, 0.3) is 5.91 Å². The van der Waals surface area contributed by atoms with Crippen molar-refractivity contribution in [1.29, 1.82) is 0 Å². The molecule has 5 nitrogen and oxygen atoms in total. The molecule has 1 N–H and O–H groups in total. The quantitative estimate of drug-likeness (QED) is 0.546. The van der Waals surface area contributed by atoms with E-state index in [2.05, 4.69) is 22.4 Å². The van der Waals surface area contributed by atoms with Crippen LogP contribution >= 0.6 is 11.3 Å². The van der Waals surface area contributed by atoms with Gasteiger partial charge in [0.1, 0.15) is 0 Å². The van der Waals surface area contributed by atoms with Crippen molar-refractivity contribution in [3.8, 4) is 5.69 Å². The van der Waals surface area contributed by atoms with Gasteiger partial charge in [0.15, 0.2) is 0 Å². The van der Waals surface area contributed by atoms with Crippen LogP contribution in [-0.4, -0.2) is 21.2 Å². The molecule has 2 aromatic heterocycles. The predicted octanol–water partition coefficient (Wildman–Crippen LogP) is 4.21. The number of imidazole rings is 1. The van der Waals surface area contributed by atoms with Gasteiger partial charge in [-0.25, -0.2) is 10.4 Å². The molecule has 0 radical (unpaired) electrons. The van der Waals surface area contributed by atoms with Crippen molar-refractivity contribution in [3.05, 3.63) is 69.9 Å². The third-order valence-corrected chi connectivity index (χ3v) is 6.17. The fourth-order valence-corrected chi connectivity index (χ4v) is 4.59. The first-order chi connectivity index (χ1) is 13.1. The van der Waals surface area contributed by atoms with Gasteiger partial charge >= 0.3 is 0 Å². The highest BCUT2D eigenvalue weighted by atomic mass is 32.1. The van der Waals surface area contributed by atoms with E-state index in [0.29, 0.717) is 5.92 Å². The minimum Gasteiger partial charge on any atom is -0.306 e. The Morgan fingerprint density at radius 3 is 2.89 bits per heavy atom. The number of hydrogen-bond donors (Lipinski definition) is 1. The monoisotopic (exact) mass is 378 g/mol. The number of benzene rings is 1. The second-order valence-corrected chi connectivity index (χ2v) is 8.20. The number of hydrazone groups is 1. The molecule has 6 heteroatoms. The maximum atomic E-state index is 12.5. The molecule has 1 unspecified atom stereocenters. The summed E-state index contributed by atoms with van der Waals surface area (Å²) < 4.78 is 1.94. The molecule has 2 heterocycles. The van der Waals surface area contributed by atoms with Crippen molar-refractivity contribution in [2.24, 2.45) is 11.0 Å². The number of nitrogens with one attached hydrogen (secondary N) is 1. The van der Waals surface area contributed by atoms with Crippen LogP contribution in [0.2, 0.25) is 0 Å². The zero-order valence-electron chi connectivity index (χ0n) is 15.5. The topological polar surface area (TPSA) is 59.3 Å². The van der Waals surface area contributed by atoms with Gasteiger partial charge in [-0.3, -0.25) is 4.79 Å². The molecule has 27 heavy (non-hydrogen) atoms. The van der Waals surface area contributed by atoms with Crippen LogP contribution in [0.25, 0.3) is 5.69 Å². The van der Waals surface area contributed by atoms with Crippen LogP contribution in [0.5, 0.6) is 0 Å². The zero-order valence-corrected chi connectivity index (χ0v) is 16.3. The Morgan fingerprint density at radius 2 is 2.15 bits per heavy atom. The number of carbonyl (C=O) groups excluding carboxylic acids is 1. The largest absolute Gasteiger partial charge is 0.306 e. The normalized spacial score (nSPS) is 16.8. The number of amides is 1. The summed E-state index contributed by atoms with van der Waals surface area (Å²) in [5.41, 5.74) is 6.81.